The van der Waals surface area contributed by atoms with Crippen LogP contribution in [0.4, 0.5) is 5.69 Å². The topological polar surface area (TPSA) is 48.7 Å². The third-order valence-corrected chi connectivity index (χ3v) is 5.07. The molecule has 2 aromatic rings. The summed E-state index contributed by atoms with van der Waals surface area (Å²) in [6.45, 7) is 0.924. The van der Waals surface area contributed by atoms with E-state index in [4.69, 9.17) is 0 Å². The number of anilines is 1. The average molecular weight is 283 g/mol. The van der Waals surface area contributed by atoms with Crippen molar-refractivity contribution in [2.45, 2.75) is 24.5 Å². The SMILES string of the molecule is N#Cc1cnc2ccccc2c1NCC1CCCCS1. The van der Waals surface area contributed by atoms with Crippen LogP contribution in [0.1, 0.15) is 24.8 Å². The zero-order valence-electron chi connectivity index (χ0n) is 11.3. The monoisotopic (exact) mass is 283 g/mol. The molecule has 0 bridgehead atoms. The van der Waals surface area contributed by atoms with Gasteiger partial charge in [0.25, 0.3) is 0 Å². The van der Waals surface area contributed by atoms with Gasteiger partial charge in [0.05, 0.1) is 16.8 Å². The second-order valence-corrected chi connectivity index (χ2v) is 6.45. The van der Waals surface area contributed by atoms with E-state index in [1.807, 2.05) is 36.0 Å². The second-order valence-electron chi connectivity index (χ2n) is 5.05. The molecule has 102 valence electrons. The van der Waals surface area contributed by atoms with Crippen LogP contribution in [-0.4, -0.2) is 22.5 Å². The van der Waals surface area contributed by atoms with Crippen molar-refractivity contribution in [3.8, 4) is 6.07 Å². The molecule has 1 fully saturated rings. The zero-order chi connectivity index (χ0) is 13.8. The maximum absolute atomic E-state index is 9.28. The standard InChI is InChI=1S/C16H17N3S/c17-9-12-10-18-15-7-2-1-6-14(15)16(12)19-11-13-5-3-4-8-20-13/h1-2,6-7,10,13H,3-5,8,11H2,(H,18,19). The molecule has 1 aromatic carbocycles. The van der Waals surface area contributed by atoms with E-state index in [-0.39, 0.29) is 0 Å². The van der Waals surface area contributed by atoms with Gasteiger partial charge in [0, 0.05) is 23.4 Å². The Kier molecular flexibility index (Phi) is 4.08. The van der Waals surface area contributed by atoms with Crippen LogP contribution >= 0.6 is 11.8 Å². The first kappa shape index (κ1) is 13.3. The van der Waals surface area contributed by atoms with Gasteiger partial charge < -0.3 is 5.32 Å². The van der Waals surface area contributed by atoms with Crippen molar-refractivity contribution in [1.82, 2.24) is 4.98 Å². The van der Waals surface area contributed by atoms with Crippen molar-refractivity contribution in [3.63, 3.8) is 0 Å². The quantitative estimate of drug-likeness (QED) is 0.930. The van der Waals surface area contributed by atoms with E-state index >= 15 is 0 Å². The smallest absolute Gasteiger partial charge is 0.103 e. The van der Waals surface area contributed by atoms with Gasteiger partial charge in [0.1, 0.15) is 6.07 Å². The molecule has 1 aliphatic rings. The molecule has 2 heterocycles. The van der Waals surface area contributed by atoms with Crippen LogP contribution in [0.25, 0.3) is 10.9 Å². The van der Waals surface area contributed by atoms with Crippen LogP contribution in [-0.2, 0) is 0 Å². The molecule has 1 unspecified atom stereocenters. The third kappa shape index (κ3) is 2.73. The van der Waals surface area contributed by atoms with Crippen LogP contribution in [0.15, 0.2) is 30.5 Å². The molecule has 20 heavy (non-hydrogen) atoms. The molecule has 1 saturated heterocycles. The van der Waals surface area contributed by atoms with E-state index in [2.05, 4.69) is 16.4 Å². The molecule has 1 atom stereocenters. The molecule has 0 aliphatic carbocycles. The number of benzene rings is 1. The van der Waals surface area contributed by atoms with Crippen LogP contribution in [0.5, 0.6) is 0 Å². The predicted molar refractivity (Wildman–Crippen MR) is 85.0 cm³/mol. The number of fused-ring (bicyclic) bond motifs is 1. The second kappa shape index (κ2) is 6.15. The van der Waals surface area contributed by atoms with Crippen LogP contribution in [0, 0.1) is 11.3 Å². The van der Waals surface area contributed by atoms with Crippen LogP contribution in [0.3, 0.4) is 0 Å². The lowest BCUT2D eigenvalue weighted by molar-refractivity contribution is 0.678. The molecule has 0 saturated carbocycles. The lowest BCUT2D eigenvalue weighted by Crippen LogP contribution is -2.20. The van der Waals surface area contributed by atoms with Gasteiger partial charge in [-0.15, -0.1) is 0 Å². The Balaban J connectivity index is 1.87. The molecule has 1 N–H and O–H groups in total. The summed E-state index contributed by atoms with van der Waals surface area (Å²) in [4.78, 5) is 4.34. The molecule has 3 nitrogen and oxygen atoms in total. The minimum absolute atomic E-state index is 0.629. The number of rotatable bonds is 3. The summed E-state index contributed by atoms with van der Waals surface area (Å²) >= 11 is 2.04. The number of thioether (sulfide) groups is 1. The summed E-state index contributed by atoms with van der Waals surface area (Å²) < 4.78 is 0. The highest BCUT2D eigenvalue weighted by Crippen LogP contribution is 2.28. The van der Waals surface area contributed by atoms with E-state index in [1.54, 1.807) is 6.20 Å². The average Bonchev–Trinajstić information content (AvgIpc) is 2.53. The van der Waals surface area contributed by atoms with Gasteiger partial charge in [0.15, 0.2) is 0 Å². The van der Waals surface area contributed by atoms with Crippen molar-refractivity contribution in [1.29, 1.82) is 5.26 Å². The number of hydrogen-bond acceptors (Lipinski definition) is 4. The highest BCUT2D eigenvalue weighted by atomic mass is 32.2. The summed E-state index contributed by atoms with van der Waals surface area (Å²) in [7, 11) is 0. The Labute approximate surface area is 123 Å². The Hall–Kier alpha value is -1.73. The summed E-state index contributed by atoms with van der Waals surface area (Å²) in [6, 6.07) is 10.2. The fourth-order valence-corrected chi connectivity index (χ4v) is 3.84. The zero-order valence-corrected chi connectivity index (χ0v) is 12.1. The van der Waals surface area contributed by atoms with Crippen molar-refractivity contribution in [2.24, 2.45) is 0 Å². The number of nitriles is 1. The summed E-state index contributed by atoms with van der Waals surface area (Å²) in [5.74, 6) is 1.26. The molecule has 0 amide bonds. The third-order valence-electron chi connectivity index (χ3n) is 3.68. The van der Waals surface area contributed by atoms with Gasteiger partial charge in [-0.25, -0.2) is 0 Å². The number of pyridine rings is 1. The number of para-hydroxylation sites is 1. The first-order valence-corrected chi connectivity index (χ1v) is 8.06. The maximum atomic E-state index is 9.28. The van der Waals surface area contributed by atoms with Crippen molar-refractivity contribution >= 4 is 28.4 Å². The van der Waals surface area contributed by atoms with Crippen molar-refractivity contribution in [2.75, 3.05) is 17.6 Å². The highest BCUT2D eigenvalue weighted by molar-refractivity contribution is 7.99. The van der Waals surface area contributed by atoms with E-state index < -0.39 is 0 Å². The fraction of sp³-hybridized carbons (Fsp3) is 0.375. The highest BCUT2D eigenvalue weighted by Gasteiger charge is 2.15. The number of nitrogens with one attached hydrogen (secondary N) is 1. The largest absolute Gasteiger partial charge is 0.382 e. The Bertz CT molecular complexity index is 642. The minimum Gasteiger partial charge on any atom is -0.382 e. The molecular weight excluding hydrogens is 266 g/mol. The first-order chi connectivity index (χ1) is 9.88. The summed E-state index contributed by atoms with van der Waals surface area (Å²) in [5, 5.41) is 14.5. The van der Waals surface area contributed by atoms with E-state index in [0.717, 1.165) is 23.1 Å². The van der Waals surface area contributed by atoms with Gasteiger partial charge in [-0.05, 0) is 24.7 Å². The van der Waals surface area contributed by atoms with Gasteiger partial charge in [-0.1, -0.05) is 24.6 Å². The van der Waals surface area contributed by atoms with Gasteiger partial charge in [-0.3, -0.25) is 4.98 Å². The summed E-state index contributed by atoms with van der Waals surface area (Å²) in [5.41, 5.74) is 2.50. The Morgan fingerprint density at radius 1 is 1.35 bits per heavy atom. The Morgan fingerprint density at radius 3 is 3.05 bits per heavy atom. The van der Waals surface area contributed by atoms with Crippen LogP contribution in [0.2, 0.25) is 0 Å². The maximum Gasteiger partial charge on any atom is 0.103 e. The Morgan fingerprint density at radius 2 is 2.25 bits per heavy atom. The number of nitrogens with zero attached hydrogens (tertiary/aromatic N) is 2. The van der Waals surface area contributed by atoms with Crippen molar-refractivity contribution < 1.29 is 0 Å². The van der Waals surface area contributed by atoms with Crippen LogP contribution < -0.4 is 5.32 Å². The molecule has 1 aromatic heterocycles. The van der Waals surface area contributed by atoms with Gasteiger partial charge in [0.2, 0.25) is 0 Å². The van der Waals surface area contributed by atoms with Gasteiger partial charge in [-0.2, -0.15) is 17.0 Å². The molecule has 0 spiro atoms. The lowest BCUT2D eigenvalue weighted by Gasteiger charge is -2.22. The van der Waals surface area contributed by atoms with Gasteiger partial charge >= 0.3 is 0 Å². The molecule has 1 aliphatic heterocycles. The van der Waals surface area contributed by atoms with Crippen molar-refractivity contribution in [3.05, 3.63) is 36.0 Å². The van der Waals surface area contributed by atoms with E-state index in [0.29, 0.717) is 10.8 Å². The molecule has 0 radical (unpaired) electrons. The summed E-state index contributed by atoms with van der Waals surface area (Å²) in [6.07, 6.45) is 5.59. The fourth-order valence-electron chi connectivity index (χ4n) is 2.60. The predicted octanol–water partition coefficient (Wildman–Crippen LogP) is 3.80. The molecular formula is C16H17N3S. The van der Waals surface area contributed by atoms with E-state index in [9.17, 15) is 5.26 Å². The lowest BCUT2D eigenvalue weighted by atomic mass is 10.1. The van der Waals surface area contributed by atoms with E-state index in [1.165, 1.54) is 25.0 Å². The normalized spacial score (nSPS) is 18.6. The molecule has 4 heteroatoms. The number of aromatic nitrogens is 1. The minimum atomic E-state index is 0.629. The molecule has 3 rings (SSSR count). The number of hydrogen-bond donors (Lipinski definition) is 1. The first-order valence-electron chi connectivity index (χ1n) is 7.02.